The molecule has 0 fully saturated rings. The van der Waals surface area contributed by atoms with Crippen LogP contribution in [0.5, 0.6) is 0 Å². The molecule has 4 heteroatoms. The first-order valence-corrected chi connectivity index (χ1v) is 7.39. The highest BCUT2D eigenvalue weighted by molar-refractivity contribution is 7.15. The molecule has 19 heavy (non-hydrogen) atoms. The summed E-state index contributed by atoms with van der Waals surface area (Å²) in [5.41, 5.74) is 4.86. The number of aryl methyl sites for hydroxylation is 2. The van der Waals surface area contributed by atoms with Crippen LogP contribution in [-0.2, 0) is 13.0 Å². The van der Waals surface area contributed by atoms with Crippen LogP contribution < -0.4 is 5.32 Å². The zero-order valence-electron chi connectivity index (χ0n) is 11.2. The van der Waals surface area contributed by atoms with Crippen molar-refractivity contribution in [2.75, 3.05) is 5.32 Å². The molecule has 3 nitrogen and oxygen atoms in total. The second-order valence-electron chi connectivity index (χ2n) is 4.61. The SMILES string of the molecule is CCc1cccc(NCc2c(C)nc3sccn23)c1. The lowest BCUT2D eigenvalue weighted by Gasteiger charge is -2.08. The van der Waals surface area contributed by atoms with Gasteiger partial charge >= 0.3 is 0 Å². The molecule has 0 radical (unpaired) electrons. The normalized spacial score (nSPS) is 11.1. The van der Waals surface area contributed by atoms with E-state index in [2.05, 4.69) is 64.4 Å². The summed E-state index contributed by atoms with van der Waals surface area (Å²) in [6.07, 6.45) is 3.15. The van der Waals surface area contributed by atoms with Crippen LogP contribution in [0.1, 0.15) is 23.9 Å². The molecule has 3 aromatic rings. The van der Waals surface area contributed by atoms with E-state index in [1.807, 2.05) is 0 Å². The number of thiazole rings is 1. The number of benzene rings is 1. The van der Waals surface area contributed by atoms with Crippen molar-refractivity contribution in [3.05, 3.63) is 52.8 Å². The zero-order valence-corrected chi connectivity index (χ0v) is 12.0. The third kappa shape index (κ3) is 2.36. The van der Waals surface area contributed by atoms with Gasteiger partial charge in [0, 0.05) is 17.3 Å². The number of rotatable bonds is 4. The Morgan fingerprint density at radius 1 is 1.37 bits per heavy atom. The Labute approximate surface area is 116 Å². The molecule has 0 atom stereocenters. The summed E-state index contributed by atoms with van der Waals surface area (Å²) in [4.78, 5) is 5.63. The van der Waals surface area contributed by atoms with Gasteiger partial charge in [0.05, 0.1) is 17.9 Å². The van der Waals surface area contributed by atoms with Gasteiger partial charge in [-0.05, 0) is 31.0 Å². The number of nitrogens with one attached hydrogen (secondary N) is 1. The summed E-state index contributed by atoms with van der Waals surface area (Å²) in [6.45, 7) is 5.05. The van der Waals surface area contributed by atoms with Crippen molar-refractivity contribution in [1.29, 1.82) is 0 Å². The summed E-state index contributed by atoms with van der Waals surface area (Å²) in [5.74, 6) is 0. The van der Waals surface area contributed by atoms with Gasteiger partial charge in [-0.2, -0.15) is 0 Å². The largest absolute Gasteiger partial charge is 0.379 e. The topological polar surface area (TPSA) is 29.3 Å². The lowest BCUT2D eigenvalue weighted by atomic mass is 10.1. The third-order valence-corrected chi connectivity index (χ3v) is 4.11. The second kappa shape index (κ2) is 5.05. The molecule has 0 unspecified atom stereocenters. The molecule has 1 N–H and O–H groups in total. The highest BCUT2D eigenvalue weighted by atomic mass is 32.1. The van der Waals surface area contributed by atoms with Gasteiger partial charge in [-0.15, -0.1) is 11.3 Å². The van der Waals surface area contributed by atoms with E-state index in [-0.39, 0.29) is 0 Å². The predicted molar refractivity (Wildman–Crippen MR) is 81.0 cm³/mol. The Morgan fingerprint density at radius 2 is 2.26 bits per heavy atom. The quantitative estimate of drug-likeness (QED) is 0.780. The third-order valence-electron chi connectivity index (χ3n) is 3.36. The molecule has 0 aliphatic heterocycles. The maximum atomic E-state index is 4.56. The summed E-state index contributed by atoms with van der Waals surface area (Å²) in [7, 11) is 0. The van der Waals surface area contributed by atoms with Crippen LogP contribution in [0.4, 0.5) is 5.69 Å². The number of hydrogen-bond donors (Lipinski definition) is 1. The molecule has 0 aliphatic rings. The lowest BCUT2D eigenvalue weighted by Crippen LogP contribution is -2.03. The van der Waals surface area contributed by atoms with E-state index in [9.17, 15) is 0 Å². The fraction of sp³-hybridized carbons (Fsp3) is 0.267. The van der Waals surface area contributed by atoms with E-state index >= 15 is 0 Å². The van der Waals surface area contributed by atoms with Crippen LogP contribution >= 0.6 is 11.3 Å². The number of aromatic nitrogens is 2. The number of hydrogen-bond acceptors (Lipinski definition) is 3. The molecular formula is C15H17N3S. The number of imidazole rings is 1. The molecular weight excluding hydrogens is 254 g/mol. The van der Waals surface area contributed by atoms with Crippen LogP contribution in [0.3, 0.4) is 0 Å². The fourth-order valence-corrected chi connectivity index (χ4v) is 3.02. The second-order valence-corrected chi connectivity index (χ2v) is 5.48. The predicted octanol–water partition coefficient (Wildman–Crippen LogP) is 3.88. The van der Waals surface area contributed by atoms with Crippen LogP contribution in [0.15, 0.2) is 35.8 Å². The maximum Gasteiger partial charge on any atom is 0.194 e. The van der Waals surface area contributed by atoms with Crippen molar-refractivity contribution in [1.82, 2.24) is 9.38 Å². The first kappa shape index (κ1) is 12.2. The van der Waals surface area contributed by atoms with Crippen LogP contribution in [0.2, 0.25) is 0 Å². The van der Waals surface area contributed by atoms with E-state index in [0.29, 0.717) is 0 Å². The van der Waals surface area contributed by atoms with Crippen molar-refractivity contribution in [3.63, 3.8) is 0 Å². The van der Waals surface area contributed by atoms with Gasteiger partial charge in [0.25, 0.3) is 0 Å². The summed E-state index contributed by atoms with van der Waals surface area (Å²) < 4.78 is 2.16. The first-order valence-electron chi connectivity index (χ1n) is 6.51. The van der Waals surface area contributed by atoms with Crippen LogP contribution in [0.25, 0.3) is 4.96 Å². The van der Waals surface area contributed by atoms with Gasteiger partial charge in [-0.3, -0.25) is 4.40 Å². The van der Waals surface area contributed by atoms with Gasteiger partial charge < -0.3 is 5.32 Å². The van der Waals surface area contributed by atoms with Crippen molar-refractivity contribution in [2.45, 2.75) is 26.8 Å². The Bertz CT molecular complexity index is 696. The number of fused-ring (bicyclic) bond motifs is 1. The van der Waals surface area contributed by atoms with Crippen molar-refractivity contribution < 1.29 is 0 Å². The van der Waals surface area contributed by atoms with Crippen molar-refractivity contribution in [3.8, 4) is 0 Å². The minimum atomic E-state index is 0.802. The van der Waals surface area contributed by atoms with Gasteiger partial charge in [0.2, 0.25) is 0 Å². The van der Waals surface area contributed by atoms with Crippen molar-refractivity contribution in [2.24, 2.45) is 0 Å². The van der Waals surface area contributed by atoms with E-state index < -0.39 is 0 Å². The van der Waals surface area contributed by atoms with Crippen LogP contribution in [-0.4, -0.2) is 9.38 Å². The highest BCUT2D eigenvalue weighted by Crippen LogP contribution is 2.18. The van der Waals surface area contributed by atoms with E-state index in [1.165, 1.54) is 16.9 Å². The van der Waals surface area contributed by atoms with E-state index in [4.69, 9.17) is 0 Å². The van der Waals surface area contributed by atoms with Crippen molar-refractivity contribution >= 4 is 22.0 Å². The molecule has 0 aliphatic carbocycles. The van der Waals surface area contributed by atoms with Gasteiger partial charge in [-0.1, -0.05) is 19.1 Å². The molecule has 98 valence electrons. The number of nitrogens with zero attached hydrogens (tertiary/aromatic N) is 2. The zero-order chi connectivity index (χ0) is 13.2. The fourth-order valence-electron chi connectivity index (χ4n) is 2.24. The summed E-state index contributed by atoms with van der Waals surface area (Å²) in [5, 5.41) is 5.56. The molecule has 0 spiro atoms. The standard InChI is InChI=1S/C15H17N3S/c1-3-12-5-4-6-13(9-12)16-10-14-11(2)17-15-18(14)7-8-19-15/h4-9,16H,3,10H2,1-2H3. The Balaban J connectivity index is 1.81. The highest BCUT2D eigenvalue weighted by Gasteiger charge is 2.08. The molecule has 1 aromatic carbocycles. The minimum Gasteiger partial charge on any atom is -0.379 e. The Hall–Kier alpha value is -1.81. The molecule has 2 heterocycles. The molecule has 0 amide bonds. The average Bonchev–Trinajstić information content (AvgIpc) is 2.97. The van der Waals surface area contributed by atoms with Crippen LogP contribution in [0, 0.1) is 6.92 Å². The maximum absolute atomic E-state index is 4.56. The smallest absolute Gasteiger partial charge is 0.194 e. The monoisotopic (exact) mass is 271 g/mol. The Morgan fingerprint density at radius 3 is 3.11 bits per heavy atom. The van der Waals surface area contributed by atoms with E-state index in [1.54, 1.807) is 11.3 Å². The number of anilines is 1. The van der Waals surface area contributed by atoms with Gasteiger partial charge in [0.1, 0.15) is 0 Å². The molecule has 0 saturated carbocycles. The molecule has 0 bridgehead atoms. The molecule has 3 rings (SSSR count). The summed E-state index contributed by atoms with van der Waals surface area (Å²) in [6, 6.07) is 8.58. The Kier molecular flexibility index (Phi) is 3.25. The van der Waals surface area contributed by atoms with Gasteiger partial charge in [-0.25, -0.2) is 4.98 Å². The summed E-state index contributed by atoms with van der Waals surface area (Å²) >= 11 is 1.67. The minimum absolute atomic E-state index is 0.802. The average molecular weight is 271 g/mol. The first-order chi connectivity index (χ1) is 9.28. The van der Waals surface area contributed by atoms with E-state index in [0.717, 1.165) is 23.6 Å². The van der Waals surface area contributed by atoms with Gasteiger partial charge in [0.15, 0.2) is 4.96 Å². The molecule has 0 saturated heterocycles. The molecule has 2 aromatic heterocycles. The lowest BCUT2D eigenvalue weighted by molar-refractivity contribution is 0.993.